The van der Waals surface area contributed by atoms with Crippen LogP contribution in [0.15, 0.2) is 18.2 Å². The Morgan fingerprint density at radius 3 is 3.04 bits per heavy atom. The van der Waals surface area contributed by atoms with Crippen molar-refractivity contribution in [2.45, 2.75) is 12.5 Å². The molecule has 0 saturated carbocycles. The monoisotopic (exact) mass is 339 g/mol. The maximum atomic E-state index is 14.6. The summed E-state index contributed by atoms with van der Waals surface area (Å²) in [5.74, 6) is 1.87. The molecule has 5 nitrogen and oxygen atoms in total. The van der Waals surface area contributed by atoms with Crippen molar-refractivity contribution in [2.75, 3.05) is 54.5 Å². The van der Waals surface area contributed by atoms with Gasteiger partial charge in [0.1, 0.15) is 11.9 Å². The lowest BCUT2D eigenvalue weighted by atomic mass is 10.2. The van der Waals surface area contributed by atoms with Gasteiger partial charge in [0.2, 0.25) is 0 Å². The van der Waals surface area contributed by atoms with Crippen LogP contribution in [0.3, 0.4) is 0 Å². The lowest BCUT2D eigenvalue weighted by molar-refractivity contribution is 0.141. The van der Waals surface area contributed by atoms with Gasteiger partial charge >= 0.3 is 6.09 Å². The van der Waals surface area contributed by atoms with Crippen molar-refractivity contribution in [3.05, 3.63) is 24.0 Å². The topological polar surface area (TPSA) is 44.8 Å². The van der Waals surface area contributed by atoms with Crippen LogP contribution in [-0.2, 0) is 4.74 Å². The van der Waals surface area contributed by atoms with Crippen LogP contribution in [0, 0.1) is 5.82 Å². The molecule has 2 heterocycles. The summed E-state index contributed by atoms with van der Waals surface area (Å²) in [6, 6.07) is 5.02. The van der Waals surface area contributed by atoms with Crippen LogP contribution in [0.5, 0.6) is 0 Å². The second kappa shape index (κ2) is 7.40. The van der Waals surface area contributed by atoms with Crippen molar-refractivity contribution in [1.29, 1.82) is 0 Å². The molecule has 0 radical (unpaired) electrons. The first-order valence-corrected chi connectivity index (χ1v) is 9.09. The molecule has 0 bridgehead atoms. The molecule has 0 spiro atoms. The fourth-order valence-corrected chi connectivity index (χ4v) is 3.86. The normalized spacial score (nSPS) is 22.2. The number of amides is 1. The predicted octanol–water partition coefficient (Wildman–Crippen LogP) is 2.31. The van der Waals surface area contributed by atoms with Crippen molar-refractivity contribution in [2.24, 2.45) is 0 Å². The van der Waals surface area contributed by atoms with E-state index in [9.17, 15) is 9.18 Å². The van der Waals surface area contributed by atoms with Gasteiger partial charge < -0.3 is 15.0 Å². The molecule has 0 aliphatic carbocycles. The molecule has 1 amide bonds. The summed E-state index contributed by atoms with van der Waals surface area (Å²) in [5.41, 5.74) is 1.18. The van der Waals surface area contributed by atoms with E-state index in [4.69, 9.17) is 4.74 Å². The smallest absolute Gasteiger partial charge is 0.414 e. The van der Waals surface area contributed by atoms with E-state index in [1.165, 1.54) is 11.0 Å². The number of hydrogen-bond donors (Lipinski definition) is 1. The molecule has 1 aromatic rings. The highest BCUT2D eigenvalue weighted by atomic mass is 32.2. The van der Waals surface area contributed by atoms with Gasteiger partial charge in [-0.25, -0.2) is 9.18 Å². The zero-order valence-corrected chi connectivity index (χ0v) is 14.1. The molecule has 1 aromatic carbocycles. The van der Waals surface area contributed by atoms with E-state index in [-0.39, 0.29) is 11.9 Å². The number of anilines is 2. The van der Waals surface area contributed by atoms with Crippen LogP contribution in [-0.4, -0.2) is 56.9 Å². The summed E-state index contributed by atoms with van der Waals surface area (Å²) in [6.07, 6.45) is 0.456. The summed E-state index contributed by atoms with van der Waals surface area (Å²) in [7, 11) is 1.81. The van der Waals surface area contributed by atoms with E-state index in [2.05, 4.69) is 10.2 Å². The number of thioether (sulfide) groups is 1. The fourth-order valence-electron chi connectivity index (χ4n) is 2.97. The molecular formula is C16H22FN3O2S. The highest BCUT2D eigenvalue weighted by molar-refractivity contribution is 7.99. The Kier molecular flexibility index (Phi) is 5.27. The Morgan fingerprint density at radius 1 is 1.39 bits per heavy atom. The third-order valence-electron chi connectivity index (χ3n) is 4.11. The molecule has 2 aliphatic rings. The molecule has 7 heteroatoms. The summed E-state index contributed by atoms with van der Waals surface area (Å²) >= 11 is 1.91. The van der Waals surface area contributed by atoms with Crippen molar-refractivity contribution in [3.8, 4) is 0 Å². The number of carbonyl (C=O) groups excluding carboxylic acids is 1. The van der Waals surface area contributed by atoms with Crippen LogP contribution in [0.25, 0.3) is 0 Å². The van der Waals surface area contributed by atoms with Gasteiger partial charge in [-0.1, -0.05) is 0 Å². The molecule has 0 unspecified atom stereocenters. The third kappa shape index (κ3) is 3.72. The van der Waals surface area contributed by atoms with Crippen LogP contribution >= 0.6 is 11.8 Å². The van der Waals surface area contributed by atoms with Gasteiger partial charge in [0.25, 0.3) is 0 Å². The van der Waals surface area contributed by atoms with Crippen LogP contribution in [0.4, 0.5) is 20.6 Å². The summed E-state index contributed by atoms with van der Waals surface area (Å²) in [4.78, 5) is 15.5. The number of rotatable bonds is 4. The first kappa shape index (κ1) is 16.4. The average molecular weight is 339 g/mol. The molecular weight excluding hydrogens is 317 g/mol. The van der Waals surface area contributed by atoms with Crippen molar-refractivity contribution >= 4 is 29.2 Å². The Labute approximate surface area is 140 Å². The Bertz CT molecular complexity index is 564. The minimum atomic E-state index is -0.413. The number of nitrogens with one attached hydrogen (secondary N) is 1. The van der Waals surface area contributed by atoms with Gasteiger partial charge in [0, 0.05) is 25.4 Å². The standard InChI is InChI=1S/C16H22FN3O2S/c1-18-10-13-11-20(16(21)22-13)12-3-4-15(14(17)9-12)19-5-2-7-23-8-6-19/h3-4,9,13,18H,2,5-8,10-11H2,1H3/t13-/m0/s1. The lowest BCUT2D eigenvalue weighted by Gasteiger charge is -2.24. The number of likely N-dealkylation sites (N-methyl/N-ethyl adjacent to an activating group) is 1. The minimum absolute atomic E-state index is 0.196. The highest BCUT2D eigenvalue weighted by Gasteiger charge is 2.32. The second-order valence-electron chi connectivity index (χ2n) is 5.76. The number of nitrogens with zero attached hydrogens (tertiary/aromatic N) is 2. The lowest BCUT2D eigenvalue weighted by Crippen LogP contribution is -2.29. The van der Waals surface area contributed by atoms with Crippen LogP contribution in [0.1, 0.15) is 6.42 Å². The number of hydrogen-bond acceptors (Lipinski definition) is 5. The minimum Gasteiger partial charge on any atom is -0.443 e. The Hall–Kier alpha value is -1.47. The Balaban J connectivity index is 1.75. The molecule has 126 valence electrons. The summed E-state index contributed by atoms with van der Waals surface area (Å²) < 4.78 is 19.8. The van der Waals surface area contributed by atoms with Crippen LogP contribution in [0.2, 0.25) is 0 Å². The fraction of sp³-hybridized carbons (Fsp3) is 0.562. The van der Waals surface area contributed by atoms with Gasteiger partial charge in [-0.05, 0) is 37.4 Å². The number of carbonyl (C=O) groups is 1. The van der Waals surface area contributed by atoms with E-state index >= 15 is 0 Å². The van der Waals surface area contributed by atoms with Gasteiger partial charge in [0.05, 0.1) is 17.9 Å². The number of cyclic esters (lactones) is 1. The van der Waals surface area contributed by atoms with E-state index in [0.29, 0.717) is 24.5 Å². The molecule has 1 atom stereocenters. The van der Waals surface area contributed by atoms with E-state index in [0.717, 1.165) is 31.0 Å². The van der Waals surface area contributed by atoms with Gasteiger partial charge in [0.15, 0.2) is 0 Å². The largest absolute Gasteiger partial charge is 0.443 e. The SMILES string of the molecule is CNC[C@H]1CN(c2ccc(N3CCCSCC3)c(F)c2)C(=O)O1. The van der Waals surface area contributed by atoms with Crippen molar-refractivity contribution < 1.29 is 13.9 Å². The predicted molar refractivity (Wildman–Crippen MR) is 92.1 cm³/mol. The molecule has 2 aliphatic heterocycles. The first-order valence-electron chi connectivity index (χ1n) is 7.94. The number of ether oxygens (including phenoxy) is 1. The quantitative estimate of drug-likeness (QED) is 0.912. The van der Waals surface area contributed by atoms with Gasteiger partial charge in [-0.15, -0.1) is 0 Å². The molecule has 2 saturated heterocycles. The number of halogens is 1. The molecule has 1 N–H and O–H groups in total. The second-order valence-corrected chi connectivity index (χ2v) is 6.99. The molecule has 23 heavy (non-hydrogen) atoms. The van der Waals surface area contributed by atoms with Crippen molar-refractivity contribution in [3.63, 3.8) is 0 Å². The highest BCUT2D eigenvalue weighted by Crippen LogP contribution is 2.29. The summed E-state index contributed by atoms with van der Waals surface area (Å²) in [5, 5.41) is 2.99. The van der Waals surface area contributed by atoms with Crippen LogP contribution < -0.4 is 15.1 Å². The van der Waals surface area contributed by atoms with E-state index in [1.807, 2.05) is 18.8 Å². The summed E-state index contributed by atoms with van der Waals surface area (Å²) in [6.45, 7) is 2.77. The first-order chi connectivity index (χ1) is 11.2. The van der Waals surface area contributed by atoms with Gasteiger partial charge in [-0.3, -0.25) is 4.90 Å². The maximum absolute atomic E-state index is 14.6. The zero-order valence-electron chi connectivity index (χ0n) is 13.3. The van der Waals surface area contributed by atoms with Crippen molar-refractivity contribution in [1.82, 2.24) is 5.32 Å². The Morgan fingerprint density at radius 2 is 2.26 bits per heavy atom. The van der Waals surface area contributed by atoms with Gasteiger partial charge in [-0.2, -0.15) is 11.8 Å². The average Bonchev–Trinajstić information content (AvgIpc) is 2.75. The molecule has 2 fully saturated rings. The zero-order chi connectivity index (χ0) is 16.2. The van der Waals surface area contributed by atoms with E-state index < -0.39 is 6.09 Å². The molecule has 0 aromatic heterocycles. The third-order valence-corrected chi connectivity index (χ3v) is 5.16. The maximum Gasteiger partial charge on any atom is 0.414 e. The number of benzene rings is 1. The molecule has 3 rings (SSSR count). The van der Waals surface area contributed by atoms with E-state index in [1.54, 1.807) is 12.1 Å².